The lowest BCUT2D eigenvalue weighted by Crippen LogP contribution is -2.51. The number of allylic oxidation sites excluding steroid dienone is 1. The first kappa shape index (κ1) is 21.0. The van der Waals surface area contributed by atoms with E-state index in [2.05, 4.69) is 5.32 Å². The summed E-state index contributed by atoms with van der Waals surface area (Å²) in [4.78, 5) is 11.8. The van der Waals surface area contributed by atoms with Gasteiger partial charge in [0.15, 0.2) is 0 Å². The Hall–Kier alpha value is -1.05. The maximum Gasteiger partial charge on any atom is 0.487 e. The quantitative estimate of drug-likeness (QED) is 0.669. The molecule has 24 heavy (non-hydrogen) atoms. The largest absolute Gasteiger partial charge is 0.487 e. The number of ether oxygens (including phenoxy) is 1. The van der Waals surface area contributed by atoms with Crippen LogP contribution in [0.5, 0.6) is 0 Å². The molecule has 0 aromatic heterocycles. The number of carbonyl (C=O) groups excluding carboxylic acids is 1. The Morgan fingerprint density at radius 2 is 1.83 bits per heavy atom. The molecule has 138 valence electrons. The highest BCUT2D eigenvalue weighted by molar-refractivity contribution is 6.52. The molecule has 1 atom stereocenters. The zero-order valence-electron chi connectivity index (χ0n) is 16.0. The molecule has 1 aliphatic carbocycles. The molecule has 0 aliphatic heterocycles. The van der Waals surface area contributed by atoms with Crippen molar-refractivity contribution in [1.82, 2.24) is 5.32 Å². The molecule has 3 N–H and O–H groups in total. The number of alkyl carbamates (subject to hydrolysis) is 1. The van der Waals surface area contributed by atoms with Crippen LogP contribution in [0.25, 0.3) is 0 Å². The average molecular weight is 341 g/mol. The minimum absolute atomic E-state index is 0.0157. The number of rotatable bonds is 5. The predicted octanol–water partition coefficient (Wildman–Crippen LogP) is 2.58. The number of carbonyl (C=O) groups is 1. The van der Waals surface area contributed by atoms with Gasteiger partial charge in [0.2, 0.25) is 0 Å². The lowest BCUT2D eigenvalue weighted by Gasteiger charge is -2.39. The second-order valence-electron chi connectivity index (χ2n) is 8.44. The Kier molecular flexibility index (Phi) is 6.52. The third kappa shape index (κ3) is 6.45. The molecule has 0 bridgehead atoms. The molecule has 6 nitrogen and oxygen atoms in total. The van der Waals surface area contributed by atoms with Crippen molar-refractivity contribution in [2.45, 2.75) is 90.6 Å². The van der Waals surface area contributed by atoms with Crippen molar-refractivity contribution >= 4 is 13.2 Å². The molecular weight excluding hydrogens is 309 g/mol. The Morgan fingerprint density at radius 3 is 2.25 bits per heavy atom. The molecule has 1 aliphatic rings. The number of hydrogen-bond acceptors (Lipinski definition) is 5. The van der Waals surface area contributed by atoms with Gasteiger partial charge < -0.3 is 24.8 Å². The van der Waals surface area contributed by atoms with Gasteiger partial charge in [-0.3, -0.25) is 0 Å². The highest BCUT2D eigenvalue weighted by atomic mass is 16.6. The lowest BCUT2D eigenvalue weighted by atomic mass is 9.70. The normalized spacial score (nSPS) is 19.5. The summed E-state index contributed by atoms with van der Waals surface area (Å²) < 4.78 is 10.9. The molecule has 1 rings (SSSR count). The van der Waals surface area contributed by atoms with Gasteiger partial charge in [0, 0.05) is 6.04 Å². The van der Waals surface area contributed by atoms with Gasteiger partial charge in [0.25, 0.3) is 0 Å². The van der Waals surface area contributed by atoms with E-state index in [4.69, 9.17) is 9.39 Å². The van der Waals surface area contributed by atoms with Gasteiger partial charge in [-0.2, -0.15) is 0 Å². The molecule has 0 radical (unpaired) electrons. The van der Waals surface area contributed by atoms with E-state index < -0.39 is 30.0 Å². The summed E-state index contributed by atoms with van der Waals surface area (Å²) in [5.41, 5.74) is -1.72. The predicted molar refractivity (Wildman–Crippen MR) is 94.5 cm³/mol. The third-order valence-electron chi connectivity index (χ3n) is 4.36. The van der Waals surface area contributed by atoms with Gasteiger partial charge in [-0.1, -0.05) is 6.08 Å². The number of hydrogen-bond donors (Lipinski definition) is 3. The summed E-state index contributed by atoms with van der Waals surface area (Å²) in [6, 6.07) is -0.0157. The van der Waals surface area contributed by atoms with Crippen LogP contribution >= 0.6 is 0 Å². The summed E-state index contributed by atoms with van der Waals surface area (Å²) >= 11 is 0. The fourth-order valence-electron chi connectivity index (χ4n) is 2.18. The first-order chi connectivity index (χ1) is 10.7. The Labute approximate surface area is 145 Å². The smallest absolute Gasteiger partial charge is 0.444 e. The van der Waals surface area contributed by atoms with Gasteiger partial charge in [0.05, 0.1) is 11.2 Å². The highest BCUT2D eigenvalue weighted by Crippen LogP contribution is 2.28. The van der Waals surface area contributed by atoms with E-state index in [1.807, 2.05) is 26.8 Å². The van der Waals surface area contributed by atoms with Crippen LogP contribution in [-0.4, -0.2) is 46.2 Å². The topological polar surface area (TPSA) is 88.0 Å². The SMILES string of the molecule is CC(C)(C)OC(=O)NC1CC=C(B(O)OC(C)(C)C(C)(C)O)CC1. The fourth-order valence-corrected chi connectivity index (χ4v) is 2.18. The molecule has 7 heteroatoms. The summed E-state index contributed by atoms with van der Waals surface area (Å²) in [5, 5.41) is 23.2. The minimum Gasteiger partial charge on any atom is -0.444 e. The third-order valence-corrected chi connectivity index (χ3v) is 4.36. The van der Waals surface area contributed by atoms with E-state index in [1.54, 1.807) is 27.7 Å². The standard InChI is InChI=1S/C17H32BNO5/c1-15(2,3)23-14(20)19-13-10-8-12(9-11-13)18(22)24-17(6,7)16(4,5)21/h8,13,21-22H,9-11H2,1-7H3,(H,19,20). The molecular formula is C17H32BNO5. The summed E-state index contributed by atoms with van der Waals surface area (Å²) in [7, 11) is -1.06. The number of nitrogens with one attached hydrogen (secondary N) is 1. The monoisotopic (exact) mass is 341 g/mol. The van der Waals surface area contributed by atoms with Gasteiger partial charge in [-0.15, -0.1) is 0 Å². The summed E-state index contributed by atoms with van der Waals surface area (Å²) in [5.74, 6) is 0. The molecule has 1 amide bonds. The maximum absolute atomic E-state index is 11.8. The van der Waals surface area contributed by atoms with Gasteiger partial charge in [-0.25, -0.2) is 4.79 Å². The van der Waals surface area contributed by atoms with Crippen LogP contribution in [0.2, 0.25) is 0 Å². The molecule has 0 aromatic carbocycles. The van der Waals surface area contributed by atoms with Crippen LogP contribution in [-0.2, 0) is 9.39 Å². The van der Waals surface area contributed by atoms with Crippen molar-refractivity contribution in [1.29, 1.82) is 0 Å². The Bertz CT molecular complexity index is 476. The van der Waals surface area contributed by atoms with E-state index in [0.717, 1.165) is 5.47 Å². The van der Waals surface area contributed by atoms with Gasteiger partial charge in [0.1, 0.15) is 5.60 Å². The second-order valence-corrected chi connectivity index (χ2v) is 8.44. The molecule has 0 saturated carbocycles. The Balaban J connectivity index is 2.55. The summed E-state index contributed by atoms with van der Waals surface area (Å²) in [6.07, 6.45) is 3.39. The van der Waals surface area contributed by atoms with E-state index in [9.17, 15) is 14.9 Å². The van der Waals surface area contributed by atoms with Crippen LogP contribution in [0, 0.1) is 0 Å². The fraction of sp³-hybridized carbons (Fsp3) is 0.824. The average Bonchev–Trinajstić information content (AvgIpc) is 2.35. The molecule has 0 spiro atoms. The molecule has 0 saturated heterocycles. The van der Waals surface area contributed by atoms with Crippen molar-refractivity contribution in [3.8, 4) is 0 Å². The van der Waals surface area contributed by atoms with Crippen LogP contribution in [0.1, 0.15) is 67.7 Å². The van der Waals surface area contributed by atoms with E-state index in [-0.39, 0.29) is 6.04 Å². The number of amides is 1. The van der Waals surface area contributed by atoms with Gasteiger partial charge in [-0.05, 0) is 73.2 Å². The highest BCUT2D eigenvalue weighted by Gasteiger charge is 2.40. The van der Waals surface area contributed by atoms with Crippen molar-refractivity contribution < 1.29 is 24.3 Å². The second kappa shape index (κ2) is 7.46. The van der Waals surface area contributed by atoms with E-state index in [1.165, 1.54) is 0 Å². The van der Waals surface area contributed by atoms with Crippen LogP contribution < -0.4 is 5.32 Å². The maximum atomic E-state index is 11.8. The zero-order valence-corrected chi connectivity index (χ0v) is 16.0. The van der Waals surface area contributed by atoms with E-state index in [0.29, 0.717) is 19.3 Å². The van der Waals surface area contributed by atoms with Crippen molar-refractivity contribution in [3.05, 3.63) is 11.5 Å². The molecule has 0 fully saturated rings. The van der Waals surface area contributed by atoms with Crippen molar-refractivity contribution in [2.24, 2.45) is 0 Å². The van der Waals surface area contributed by atoms with Crippen LogP contribution in [0.4, 0.5) is 4.79 Å². The summed E-state index contributed by atoms with van der Waals surface area (Å²) in [6.45, 7) is 12.3. The first-order valence-corrected chi connectivity index (χ1v) is 8.48. The molecule has 0 heterocycles. The van der Waals surface area contributed by atoms with Crippen molar-refractivity contribution in [2.75, 3.05) is 0 Å². The zero-order chi connectivity index (χ0) is 18.8. The molecule has 0 aromatic rings. The minimum atomic E-state index is -1.08. The van der Waals surface area contributed by atoms with Crippen LogP contribution in [0.3, 0.4) is 0 Å². The first-order valence-electron chi connectivity index (χ1n) is 8.48. The lowest BCUT2D eigenvalue weighted by molar-refractivity contribution is -0.0990. The van der Waals surface area contributed by atoms with Crippen molar-refractivity contribution in [3.63, 3.8) is 0 Å². The van der Waals surface area contributed by atoms with E-state index >= 15 is 0 Å². The Morgan fingerprint density at radius 1 is 1.25 bits per heavy atom. The molecule has 1 unspecified atom stereocenters. The van der Waals surface area contributed by atoms with Gasteiger partial charge >= 0.3 is 13.2 Å². The van der Waals surface area contributed by atoms with Crippen LogP contribution in [0.15, 0.2) is 11.5 Å². The number of aliphatic hydroxyl groups is 1.